The highest BCUT2D eigenvalue weighted by molar-refractivity contribution is 7.13. The molecular formula is C10H14ClN3O3S. The lowest BCUT2D eigenvalue weighted by molar-refractivity contribution is -0.380. The Morgan fingerprint density at radius 1 is 1.61 bits per heavy atom. The van der Waals surface area contributed by atoms with E-state index in [1.165, 1.54) is 11.4 Å². The third kappa shape index (κ3) is 3.18. The SMILES string of the molecule is Cl.NC1(CNC(=O)c2csc([N+](=O)[O-])c2)CCC1. The largest absolute Gasteiger partial charge is 0.350 e. The predicted molar refractivity (Wildman–Crippen MR) is 71.3 cm³/mol. The van der Waals surface area contributed by atoms with Gasteiger partial charge in [-0.15, -0.1) is 12.4 Å². The number of nitrogens with two attached hydrogens (primary N) is 1. The molecular weight excluding hydrogens is 278 g/mol. The van der Waals surface area contributed by atoms with Crippen molar-refractivity contribution in [2.45, 2.75) is 24.8 Å². The van der Waals surface area contributed by atoms with E-state index in [0.717, 1.165) is 30.6 Å². The van der Waals surface area contributed by atoms with E-state index in [4.69, 9.17) is 5.73 Å². The first-order valence-electron chi connectivity index (χ1n) is 5.30. The number of nitrogens with zero attached hydrogens (tertiary/aromatic N) is 1. The molecule has 0 aromatic carbocycles. The lowest BCUT2D eigenvalue weighted by Gasteiger charge is -2.38. The summed E-state index contributed by atoms with van der Waals surface area (Å²) in [4.78, 5) is 21.7. The summed E-state index contributed by atoms with van der Waals surface area (Å²) in [7, 11) is 0. The summed E-state index contributed by atoms with van der Waals surface area (Å²) in [5.74, 6) is -0.300. The Morgan fingerprint density at radius 2 is 2.28 bits per heavy atom. The van der Waals surface area contributed by atoms with Crippen LogP contribution in [0.1, 0.15) is 29.6 Å². The molecule has 1 aromatic rings. The molecule has 0 spiro atoms. The van der Waals surface area contributed by atoms with Crippen LogP contribution in [-0.2, 0) is 0 Å². The van der Waals surface area contributed by atoms with Gasteiger partial charge >= 0.3 is 5.00 Å². The average Bonchev–Trinajstić information content (AvgIpc) is 2.72. The highest BCUT2D eigenvalue weighted by atomic mass is 35.5. The summed E-state index contributed by atoms with van der Waals surface area (Å²) in [5, 5.41) is 14.6. The van der Waals surface area contributed by atoms with Gasteiger partial charge in [-0.25, -0.2) is 0 Å². The van der Waals surface area contributed by atoms with Crippen LogP contribution >= 0.6 is 23.7 Å². The Bertz CT molecular complexity index is 459. The Kier molecular flexibility index (Phi) is 4.66. The number of thiophene rings is 1. The van der Waals surface area contributed by atoms with Crippen molar-refractivity contribution in [3.05, 3.63) is 27.1 Å². The van der Waals surface area contributed by atoms with E-state index in [9.17, 15) is 14.9 Å². The van der Waals surface area contributed by atoms with Crippen molar-refractivity contribution in [1.29, 1.82) is 0 Å². The molecule has 0 bridgehead atoms. The zero-order valence-corrected chi connectivity index (χ0v) is 11.2. The first-order chi connectivity index (χ1) is 8.00. The second-order valence-corrected chi connectivity index (χ2v) is 5.22. The molecule has 1 saturated carbocycles. The zero-order chi connectivity index (χ0) is 12.5. The minimum Gasteiger partial charge on any atom is -0.350 e. The minimum atomic E-state index is -0.502. The van der Waals surface area contributed by atoms with Crippen LogP contribution in [0.25, 0.3) is 0 Å². The molecule has 1 aliphatic rings. The first-order valence-corrected chi connectivity index (χ1v) is 6.18. The van der Waals surface area contributed by atoms with Crippen LogP contribution in [0.3, 0.4) is 0 Å². The van der Waals surface area contributed by atoms with Gasteiger partial charge in [-0.1, -0.05) is 11.3 Å². The second kappa shape index (κ2) is 5.64. The third-order valence-corrected chi connectivity index (χ3v) is 3.86. The van der Waals surface area contributed by atoms with Crippen molar-refractivity contribution in [1.82, 2.24) is 5.32 Å². The van der Waals surface area contributed by atoms with Gasteiger partial charge < -0.3 is 11.1 Å². The maximum atomic E-state index is 11.7. The molecule has 100 valence electrons. The molecule has 6 nitrogen and oxygen atoms in total. The van der Waals surface area contributed by atoms with Crippen molar-refractivity contribution in [3.8, 4) is 0 Å². The van der Waals surface area contributed by atoms with Crippen LogP contribution in [0.4, 0.5) is 5.00 Å². The van der Waals surface area contributed by atoms with Crippen LogP contribution in [-0.4, -0.2) is 22.9 Å². The number of rotatable bonds is 4. The molecule has 1 fully saturated rings. The highest BCUT2D eigenvalue weighted by Crippen LogP contribution is 2.28. The topological polar surface area (TPSA) is 98.3 Å². The quantitative estimate of drug-likeness (QED) is 0.651. The predicted octanol–water partition coefficient (Wildman–Crippen LogP) is 1.69. The fraction of sp³-hybridized carbons (Fsp3) is 0.500. The first kappa shape index (κ1) is 14.9. The summed E-state index contributed by atoms with van der Waals surface area (Å²) in [5.41, 5.74) is 6.01. The van der Waals surface area contributed by atoms with Gasteiger partial charge in [0, 0.05) is 23.5 Å². The smallest absolute Gasteiger partial charge is 0.324 e. The van der Waals surface area contributed by atoms with Gasteiger partial charge in [0.05, 0.1) is 10.5 Å². The van der Waals surface area contributed by atoms with Crippen LogP contribution < -0.4 is 11.1 Å². The number of halogens is 1. The number of carbonyl (C=O) groups excluding carboxylic acids is 1. The number of nitrogens with one attached hydrogen (secondary N) is 1. The number of nitro groups is 1. The monoisotopic (exact) mass is 291 g/mol. The van der Waals surface area contributed by atoms with Crippen LogP contribution in [0.5, 0.6) is 0 Å². The van der Waals surface area contributed by atoms with E-state index < -0.39 is 4.92 Å². The van der Waals surface area contributed by atoms with Crippen molar-refractivity contribution in [3.63, 3.8) is 0 Å². The van der Waals surface area contributed by atoms with E-state index in [-0.39, 0.29) is 28.9 Å². The van der Waals surface area contributed by atoms with E-state index in [1.807, 2.05) is 0 Å². The van der Waals surface area contributed by atoms with Crippen molar-refractivity contribution in [2.24, 2.45) is 5.73 Å². The molecule has 1 heterocycles. The van der Waals surface area contributed by atoms with E-state index >= 15 is 0 Å². The van der Waals surface area contributed by atoms with Crippen LogP contribution in [0.2, 0.25) is 0 Å². The molecule has 0 aliphatic heterocycles. The van der Waals surface area contributed by atoms with Gasteiger partial charge in [0.25, 0.3) is 5.91 Å². The Balaban J connectivity index is 0.00000162. The van der Waals surface area contributed by atoms with Gasteiger partial charge in [-0.05, 0) is 19.3 Å². The van der Waals surface area contributed by atoms with Crippen molar-refractivity contribution in [2.75, 3.05) is 6.54 Å². The molecule has 1 aromatic heterocycles. The Morgan fingerprint density at radius 3 is 2.72 bits per heavy atom. The minimum absolute atomic E-state index is 0. The molecule has 1 aliphatic carbocycles. The number of amides is 1. The maximum absolute atomic E-state index is 11.7. The zero-order valence-electron chi connectivity index (χ0n) is 9.55. The van der Waals surface area contributed by atoms with E-state index in [1.54, 1.807) is 0 Å². The molecule has 8 heteroatoms. The van der Waals surface area contributed by atoms with Crippen LogP contribution in [0.15, 0.2) is 11.4 Å². The van der Waals surface area contributed by atoms with E-state index in [0.29, 0.717) is 12.1 Å². The fourth-order valence-corrected chi connectivity index (χ4v) is 2.41. The van der Waals surface area contributed by atoms with E-state index in [2.05, 4.69) is 5.32 Å². The molecule has 0 atom stereocenters. The Labute approximate surface area is 114 Å². The summed E-state index contributed by atoms with van der Waals surface area (Å²) < 4.78 is 0. The lowest BCUT2D eigenvalue weighted by atomic mass is 9.78. The molecule has 18 heavy (non-hydrogen) atoms. The number of carbonyl (C=O) groups is 1. The summed E-state index contributed by atoms with van der Waals surface area (Å²) in [6.07, 6.45) is 2.92. The summed E-state index contributed by atoms with van der Waals surface area (Å²) >= 11 is 0.948. The number of hydrogen-bond donors (Lipinski definition) is 2. The molecule has 0 saturated heterocycles. The summed E-state index contributed by atoms with van der Waals surface area (Å²) in [6, 6.07) is 1.28. The van der Waals surface area contributed by atoms with Crippen molar-refractivity contribution >= 4 is 34.7 Å². The fourth-order valence-electron chi connectivity index (χ4n) is 1.71. The average molecular weight is 292 g/mol. The molecule has 3 N–H and O–H groups in total. The van der Waals surface area contributed by atoms with Crippen molar-refractivity contribution < 1.29 is 9.72 Å². The van der Waals surface area contributed by atoms with Crippen LogP contribution in [0, 0.1) is 10.1 Å². The van der Waals surface area contributed by atoms with Gasteiger partial charge in [0.2, 0.25) is 0 Å². The van der Waals surface area contributed by atoms with Gasteiger partial charge in [-0.3, -0.25) is 14.9 Å². The second-order valence-electron chi connectivity index (χ2n) is 4.33. The third-order valence-electron chi connectivity index (χ3n) is 2.98. The normalized spacial score (nSPS) is 16.3. The standard InChI is InChI=1S/C10H13N3O3S.ClH/c11-10(2-1-3-10)6-12-9(14)7-4-8(13(15)16)17-5-7;/h4-5H,1-3,6,11H2,(H,12,14);1H. The lowest BCUT2D eigenvalue weighted by Crippen LogP contribution is -2.54. The summed E-state index contributed by atoms with van der Waals surface area (Å²) in [6.45, 7) is 0.426. The van der Waals surface area contributed by atoms with Gasteiger partial charge in [0.15, 0.2) is 0 Å². The molecule has 1 amide bonds. The van der Waals surface area contributed by atoms with Gasteiger partial charge in [0.1, 0.15) is 0 Å². The highest BCUT2D eigenvalue weighted by Gasteiger charge is 2.32. The molecule has 2 rings (SSSR count). The maximum Gasteiger partial charge on any atom is 0.324 e. The Hall–Kier alpha value is -1.18. The number of hydrogen-bond acceptors (Lipinski definition) is 5. The molecule has 0 unspecified atom stereocenters. The molecule has 0 radical (unpaired) electrons. The van der Waals surface area contributed by atoms with Gasteiger partial charge in [-0.2, -0.15) is 0 Å².